The molecule has 48 heavy (non-hydrogen) atoms. The third-order valence-electron chi connectivity index (χ3n) is 7.82. The lowest BCUT2D eigenvalue weighted by Crippen LogP contribution is -2.35. The van der Waals surface area contributed by atoms with Gasteiger partial charge in [-0.05, 0) is 71.1 Å². The first kappa shape index (κ1) is 34.8. The number of nitrogens with one attached hydrogen (secondary N) is 2. The van der Waals surface area contributed by atoms with Crippen LogP contribution in [0.4, 0.5) is 5.69 Å². The number of aliphatic hydroxyl groups excluding tert-OH is 1. The fourth-order valence-corrected chi connectivity index (χ4v) is 6.33. The molecule has 1 aliphatic rings. The van der Waals surface area contributed by atoms with Crippen LogP contribution in [0.2, 0.25) is 0 Å². The van der Waals surface area contributed by atoms with Gasteiger partial charge in [0, 0.05) is 48.7 Å². The highest BCUT2D eigenvalue weighted by Gasteiger charge is 2.32. The van der Waals surface area contributed by atoms with Gasteiger partial charge in [0.15, 0.2) is 12.4 Å². The largest absolute Gasteiger partial charge is 0.453 e. The fourth-order valence-electron chi connectivity index (χ4n) is 5.41. The molecule has 1 aliphatic heterocycles. The van der Waals surface area contributed by atoms with Crippen LogP contribution in [0.1, 0.15) is 61.8 Å². The molecule has 10 heteroatoms. The Morgan fingerprint density at radius 1 is 0.875 bits per heavy atom. The van der Waals surface area contributed by atoms with E-state index in [0.717, 1.165) is 44.0 Å². The number of rotatable bonds is 12. The molecule has 5 rings (SSSR count). The van der Waals surface area contributed by atoms with Crippen LogP contribution >= 0.6 is 11.8 Å². The number of carbonyl (C=O) groups excluding carboxylic acids is 3. The van der Waals surface area contributed by atoms with E-state index in [1.807, 2.05) is 91.0 Å². The first-order chi connectivity index (χ1) is 23.2. The van der Waals surface area contributed by atoms with Gasteiger partial charge in [-0.2, -0.15) is 0 Å². The first-order valence-electron chi connectivity index (χ1n) is 15.8. The molecule has 0 saturated carbocycles. The van der Waals surface area contributed by atoms with Gasteiger partial charge < -0.3 is 30.0 Å². The molecule has 1 heterocycles. The summed E-state index contributed by atoms with van der Waals surface area (Å²) in [5.41, 5.74) is 6.34. The van der Waals surface area contributed by atoms with Crippen LogP contribution in [0.3, 0.4) is 0 Å². The van der Waals surface area contributed by atoms with E-state index >= 15 is 0 Å². The molecule has 0 aliphatic carbocycles. The van der Waals surface area contributed by atoms with Gasteiger partial charge in [0.05, 0.1) is 18.8 Å². The Labute approximate surface area is 285 Å². The topological polar surface area (TPSA) is 123 Å². The number of amides is 2. The summed E-state index contributed by atoms with van der Waals surface area (Å²) >= 11 is 1.69. The number of thioether (sulfide) groups is 1. The number of benzene rings is 4. The highest BCUT2D eigenvalue weighted by atomic mass is 32.2. The van der Waals surface area contributed by atoms with Gasteiger partial charge in [0.1, 0.15) is 0 Å². The molecule has 4 aromatic rings. The Balaban J connectivity index is 1.32. The quantitative estimate of drug-likeness (QED) is 0.113. The van der Waals surface area contributed by atoms with E-state index in [2.05, 4.69) is 16.7 Å². The molecular weight excluding hydrogens is 628 g/mol. The maximum Gasteiger partial charge on any atom is 0.303 e. The predicted molar refractivity (Wildman–Crippen MR) is 185 cm³/mol. The molecule has 250 valence electrons. The minimum absolute atomic E-state index is 0.0225. The van der Waals surface area contributed by atoms with E-state index in [9.17, 15) is 19.5 Å². The summed E-state index contributed by atoms with van der Waals surface area (Å²) in [5.74, 6) is -0.271. The number of ether oxygens (including phenoxy) is 3. The zero-order valence-electron chi connectivity index (χ0n) is 27.2. The van der Waals surface area contributed by atoms with Crippen molar-refractivity contribution in [2.24, 2.45) is 0 Å². The van der Waals surface area contributed by atoms with Crippen LogP contribution in [0.5, 0.6) is 0 Å². The Kier molecular flexibility index (Phi) is 12.0. The molecule has 4 atom stereocenters. The number of anilines is 1. The molecule has 0 aromatic heterocycles. The maximum absolute atomic E-state index is 12.3. The Bertz CT molecular complexity index is 1710. The highest BCUT2D eigenvalue weighted by molar-refractivity contribution is 7.99. The van der Waals surface area contributed by atoms with Gasteiger partial charge in [-0.25, -0.2) is 0 Å². The molecule has 1 saturated heterocycles. The van der Waals surface area contributed by atoms with Crippen molar-refractivity contribution in [3.63, 3.8) is 0 Å². The molecule has 4 unspecified atom stereocenters. The lowest BCUT2D eigenvalue weighted by atomic mass is 9.99. The second-order valence-corrected chi connectivity index (χ2v) is 12.8. The minimum Gasteiger partial charge on any atom is -0.453 e. The van der Waals surface area contributed by atoms with Crippen molar-refractivity contribution in [1.82, 2.24) is 5.32 Å². The standard InChI is InChI=1S/C38H40N2O7S/c1-24(45-26(3)43)37(44)39-21-28-6-4-7-30(18-28)31-8-5-9-32(19-31)38-46-34(20-36(47-38)29-12-10-27(22-41)11-13-29)23-48-35-16-14-33(15-17-35)40-25(2)42/h4-19,24,34,36,38,41H,20-23H2,1-3H3,(H,39,44)(H,40,42). The number of carbonyl (C=O) groups is 3. The Morgan fingerprint density at radius 3 is 2.27 bits per heavy atom. The van der Waals surface area contributed by atoms with Crippen LogP contribution in [-0.4, -0.2) is 40.9 Å². The predicted octanol–water partition coefficient (Wildman–Crippen LogP) is 6.71. The highest BCUT2D eigenvalue weighted by Crippen LogP contribution is 2.40. The van der Waals surface area contributed by atoms with Crippen LogP contribution in [0, 0.1) is 0 Å². The number of hydrogen-bond acceptors (Lipinski definition) is 8. The lowest BCUT2D eigenvalue weighted by molar-refractivity contribution is -0.245. The second kappa shape index (κ2) is 16.6. The van der Waals surface area contributed by atoms with Crippen LogP contribution in [-0.2, 0) is 41.7 Å². The monoisotopic (exact) mass is 668 g/mol. The zero-order chi connectivity index (χ0) is 34.0. The normalized spacial score (nSPS) is 18.0. The van der Waals surface area contributed by atoms with Crippen molar-refractivity contribution in [1.29, 1.82) is 0 Å². The SMILES string of the molecule is CC(=O)Nc1ccc(SCC2CC(c3ccc(CO)cc3)OC(c3cccc(-c4cccc(CNC(=O)C(C)OC(C)=O)c4)c3)O2)cc1. The summed E-state index contributed by atoms with van der Waals surface area (Å²) in [4.78, 5) is 36.0. The van der Waals surface area contributed by atoms with Crippen LogP contribution in [0.25, 0.3) is 11.1 Å². The van der Waals surface area contributed by atoms with Crippen molar-refractivity contribution < 1.29 is 33.7 Å². The molecule has 1 fully saturated rings. The fraction of sp³-hybridized carbons (Fsp3) is 0.289. The average molecular weight is 669 g/mol. The van der Waals surface area contributed by atoms with E-state index in [0.29, 0.717) is 18.7 Å². The van der Waals surface area contributed by atoms with E-state index in [1.54, 1.807) is 18.7 Å². The van der Waals surface area contributed by atoms with Crippen LogP contribution < -0.4 is 10.6 Å². The molecule has 3 N–H and O–H groups in total. The number of aliphatic hydroxyl groups is 1. The van der Waals surface area contributed by atoms with Crippen molar-refractivity contribution >= 4 is 35.2 Å². The molecule has 0 bridgehead atoms. The van der Waals surface area contributed by atoms with Gasteiger partial charge in [0.2, 0.25) is 5.91 Å². The summed E-state index contributed by atoms with van der Waals surface area (Å²) in [6, 6.07) is 31.5. The van der Waals surface area contributed by atoms with E-state index in [4.69, 9.17) is 14.2 Å². The minimum atomic E-state index is -0.868. The van der Waals surface area contributed by atoms with Crippen molar-refractivity contribution in [2.75, 3.05) is 11.1 Å². The summed E-state index contributed by atoms with van der Waals surface area (Å²) in [5, 5.41) is 15.2. The molecule has 9 nitrogen and oxygen atoms in total. The smallest absolute Gasteiger partial charge is 0.303 e. The molecule has 4 aromatic carbocycles. The van der Waals surface area contributed by atoms with Gasteiger partial charge in [-0.3, -0.25) is 14.4 Å². The molecule has 0 spiro atoms. The van der Waals surface area contributed by atoms with Gasteiger partial charge in [0.25, 0.3) is 5.91 Å². The summed E-state index contributed by atoms with van der Waals surface area (Å²) in [6.07, 6.45) is -1.15. The van der Waals surface area contributed by atoms with E-state index in [1.165, 1.54) is 13.8 Å². The van der Waals surface area contributed by atoms with Gasteiger partial charge in [-0.1, -0.05) is 60.7 Å². The molecular formula is C38H40N2O7S. The third kappa shape index (κ3) is 9.77. The van der Waals surface area contributed by atoms with E-state index in [-0.39, 0.29) is 30.6 Å². The Morgan fingerprint density at radius 2 is 1.58 bits per heavy atom. The summed E-state index contributed by atoms with van der Waals surface area (Å²) in [6.45, 7) is 4.57. The number of esters is 1. The van der Waals surface area contributed by atoms with Crippen molar-refractivity contribution in [3.8, 4) is 11.1 Å². The summed E-state index contributed by atoms with van der Waals surface area (Å²) in [7, 11) is 0. The third-order valence-corrected chi connectivity index (χ3v) is 8.97. The molecule has 2 amide bonds. The maximum atomic E-state index is 12.3. The molecule has 0 radical (unpaired) electrons. The first-order valence-corrected chi connectivity index (χ1v) is 16.8. The average Bonchev–Trinajstić information content (AvgIpc) is 3.10. The zero-order valence-corrected chi connectivity index (χ0v) is 28.0. The number of hydrogen-bond donors (Lipinski definition) is 3. The lowest BCUT2D eigenvalue weighted by Gasteiger charge is -2.36. The van der Waals surface area contributed by atoms with E-state index < -0.39 is 18.4 Å². The van der Waals surface area contributed by atoms with Gasteiger partial charge in [-0.15, -0.1) is 11.8 Å². The van der Waals surface area contributed by atoms with Crippen molar-refractivity contribution in [3.05, 3.63) is 119 Å². The van der Waals surface area contributed by atoms with Crippen molar-refractivity contribution in [2.45, 2.75) is 69.8 Å². The van der Waals surface area contributed by atoms with Crippen LogP contribution in [0.15, 0.2) is 102 Å². The Hall–Kier alpha value is -4.48. The van der Waals surface area contributed by atoms with Gasteiger partial charge >= 0.3 is 5.97 Å². The summed E-state index contributed by atoms with van der Waals surface area (Å²) < 4.78 is 18.1. The second-order valence-electron chi connectivity index (χ2n) is 11.7.